The molecule has 0 spiro atoms. The molecule has 1 rings (SSSR count). The summed E-state index contributed by atoms with van der Waals surface area (Å²) in [5.41, 5.74) is 1.10. The van der Waals surface area contributed by atoms with Crippen molar-refractivity contribution in [3.63, 3.8) is 0 Å². The molecule has 1 atom stereocenters. The summed E-state index contributed by atoms with van der Waals surface area (Å²) in [6.07, 6.45) is 0. The fraction of sp³-hybridized carbons (Fsp3) is 0.462. The molecule has 0 fully saturated rings. The number of ether oxygens (including phenoxy) is 1. The first-order valence-electron chi connectivity index (χ1n) is 5.88. The lowest BCUT2D eigenvalue weighted by Crippen LogP contribution is -2.36. The second kappa shape index (κ2) is 8.08. The predicted molar refractivity (Wildman–Crippen MR) is 72.8 cm³/mol. The Balaban J connectivity index is 2.30. The third kappa shape index (κ3) is 5.49. The quantitative estimate of drug-likeness (QED) is 0.743. The van der Waals surface area contributed by atoms with Gasteiger partial charge in [-0.2, -0.15) is 0 Å². The Bertz CT molecular complexity index is 368. The first kappa shape index (κ1) is 15.0. The van der Waals surface area contributed by atoms with Gasteiger partial charge in [0, 0.05) is 24.7 Å². The van der Waals surface area contributed by atoms with Crippen molar-refractivity contribution < 1.29 is 9.53 Å². The van der Waals surface area contributed by atoms with Crippen LogP contribution in [-0.2, 0) is 9.53 Å². The monoisotopic (exact) mass is 270 g/mol. The SMILES string of the molecule is COCCNC(=O)CNC(C)c1ccc(Cl)cc1. The lowest BCUT2D eigenvalue weighted by atomic mass is 10.1. The Kier molecular flexibility index (Phi) is 6.72. The van der Waals surface area contributed by atoms with E-state index in [9.17, 15) is 4.79 Å². The van der Waals surface area contributed by atoms with Crippen LogP contribution in [0.2, 0.25) is 5.02 Å². The summed E-state index contributed by atoms with van der Waals surface area (Å²) in [6, 6.07) is 7.68. The van der Waals surface area contributed by atoms with E-state index in [2.05, 4.69) is 10.6 Å². The maximum absolute atomic E-state index is 11.5. The largest absolute Gasteiger partial charge is 0.383 e. The summed E-state index contributed by atoms with van der Waals surface area (Å²) in [4.78, 5) is 11.5. The van der Waals surface area contributed by atoms with Crippen molar-refractivity contribution in [2.75, 3.05) is 26.8 Å². The fourth-order valence-electron chi connectivity index (χ4n) is 1.47. The summed E-state index contributed by atoms with van der Waals surface area (Å²) < 4.78 is 4.85. The van der Waals surface area contributed by atoms with Gasteiger partial charge in [-0.15, -0.1) is 0 Å². The Morgan fingerprint density at radius 3 is 2.67 bits per heavy atom. The Morgan fingerprint density at radius 2 is 2.06 bits per heavy atom. The molecule has 0 saturated heterocycles. The fourth-order valence-corrected chi connectivity index (χ4v) is 1.60. The molecule has 0 bridgehead atoms. The van der Waals surface area contributed by atoms with Crippen LogP contribution in [0, 0.1) is 0 Å². The molecule has 1 unspecified atom stereocenters. The highest BCUT2D eigenvalue weighted by molar-refractivity contribution is 6.30. The lowest BCUT2D eigenvalue weighted by molar-refractivity contribution is -0.120. The Hall–Kier alpha value is -1.10. The molecule has 0 heterocycles. The highest BCUT2D eigenvalue weighted by atomic mass is 35.5. The van der Waals surface area contributed by atoms with Gasteiger partial charge in [0.25, 0.3) is 0 Å². The van der Waals surface area contributed by atoms with E-state index in [1.165, 1.54) is 0 Å². The molecule has 0 radical (unpaired) electrons. The number of hydrogen-bond acceptors (Lipinski definition) is 3. The summed E-state index contributed by atoms with van der Waals surface area (Å²) in [5, 5.41) is 6.61. The van der Waals surface area contributed by atoms with Crippen molar-refractivity contribution >= 4 is 17.5 Å². The number of rotatable bonds is 7. The molecular weight excluding hydrogens is 252 g/mol. The number of carbonyl (C=O) groups is 1. The lowest BCUT2D eigenvalue weighted by Gasteiger charge is -2.14. The molecule has 0 saturated carbocycles. The van der Waals surface area contributed by atoms with Crippen molar-refractivity contribution in [3.8, 4) is 0 Å². The topological polar surface area (TPSA) is 50.4 Å². The molecule has 2 N–H and O–H groups in total. The highest BCUT2D eigenvalue weighted by Gasteiger charge is 2.07. The van der Waals surface area contributed by atoms with Gasteiger partial charge in [0.2, 0.25) is 5.91 Å². The molecule has 5 heteroatoms. The summed E-state index contributed by atoms with van der Waals surface area (Å²) in [7, 11) is 1.60. The van der Waals surface area contributed by atoms with Crippen LogP contribution >= 0.6 is 11.6 Å². The van der Waals surface area contributed by atoms with Gasteiger partial charge < -0.3 is 15.4 Å². The number of hydrogen-bond donors (Lipinski definition) is 2. The van der Waals surface area contributed by atoms with Gasteiger partial charge >= 0.3 is 0 Å². The normalized spacial score (nSPS) is 12.2. The first-order chi connectivity index (χ1) is 8.63. The van der Waals surface area contributed by atoms with Crippen molar-refractivity contribution in [2.24, 2.45) is 0 Å². The van der Waals surface area contributed by atoms with Gasteiger partial charge in [-0.1, -0.05) is 23.7 Å². The summed E-state index contributed by atoms with van der Waals surface area (Å²) in [6.45, 7) is 3.35. The van der Waals surface area contributed by atoms with Crippen LogP contribution in [-0.4, -0.2) is 32.7 Å². The van der Waals surface area contributed by atoms with Crippen LogP contribution in [0.4, 0.5) is 0 Å². The number of benzene rings is 1. The molecule has 0 aliphatic carbocycles. The zero-order chi connectivity index (χ0) is 13.4. The molecule has 1 aromatic rings. The number of methoxy groups -OCH3 is 1. The molecule has 18 heavy (non-hydrogen) atoms. The van der Waals surface area contributed by atoms with E-state index in [4.69, 9.17) is 16.3 Å². The minimum atomic E-state index is -0.0344. The number of nitrogens with one attached hydrogen (secondary N) is 2. The van der Waals surface area contributed by atoms with Crippen LogP contribution < -0.4 is 10.6 Å². The van der Waals surface area contributed by atoms with Crippen molar-refractivity contribution in [3.05, 3.63) is 34.9 Å². The number of amides is 1. The van der Waals surface area contributed by atoms with Crippen molar-refractivity contribution in [2.45, 2.75) is 13.0 Å². The van der Waals surface area contributed by atoms with Crippen molar-refractivity contribution in [1.82, 2.24) is 10.6 Å². The summed E-state index contributed by atoms with van der Waals surface area (Å²) in [5.74, 6) is -0.0344. The van der Waals surface area contributed by atoms with Crippen LogP contribution in [0.1, 0.15) is 18.5 Å². The van der Waals surface area contributed by atoms with Crippen molar-refractivity contribution in [1.29, 1.82) is 0 Å². The summed E-state index contributed by atoms with van der Waals surface area (Å²) >= 11 is 5.82. The molecule has 4 nitrogen and oxygen atoms in total. The third-order valence-corrected chi connectivity index (χ3v) is 2.82. The number of carbonyl (C=O) groups excluding carboxylic acids is 1. The van der Waals surface area contributed by atoms with Crippen LogP contribution in [0.15, 0.2) is 24.3 Å². The van der Waals surface area contributed by atoms with E-state index in [1.807, 2.05) is 31.2 Å². The second-order valence-corrected chi connectivity index (χ2v) is 4.43. The van der Waals surface area contributed by atoms with Gasteiger partial charge in [0.1, 0.15) is 0 Å². The predicted octanol–water partition coefficient (Wildman–Crippen LogP) is 1.75. The molecule has 100 valence electrons. The Morgan fingerprint density at radius 1 is 1.39 bits per heavy atom. The standard InChI is InChI=1S/C13H19ClN2O2/c1-10(11-3-5-12(14)6-4-11)16-9-13(17)15-7-8-18-2/h3-6,10,16H,7-9H2,1-2H3,(H,15,17). The average Bonchev–Trinajstić information content (AvgIpc) is 2.37. The number of halogens is 1. The molecule has 1 amide bonds. The van der Waals surface area contributed by atoms with Gasteiger partial charge in [-0.05, 0) is 24.6 Å². The molecular formula is C13H19ClN2O2. The second-order valence-electron chi connectivity index (χ2n) is 4.00. The maximum atomic E-state index is 11.5. The van der Waals surface area contributed by atoms with E-state index in [1.54, 1.807) is 7.11 Å². The molecule has 0 aliphatic heterocycles. The highest BCUT2D eigenvalue weighted by Crippen LogP contribution is 2.15. The molecule has 0 aromatic heterocycles. The minimum Gasteiger partial charge on any atom is -0.383 e. The van der Waals surface area contributed by atoms with E-state index >= 15 is 0 Å². The van der Waals surface area contributed by atoms with Crippen LogP contribution in [0.25, 0.3) is 0 Å². The van der Waals surface area contributed by atoms with Gasteiger partial charge in [-0.25, -0.2) is 0 Å². The zero-order valence-corrected chi connectivity index (χ0v) is 11.5. The first-order valence-corrected chi connectivity index (χ1v) is 6.25. The average molecular weight is 271 g/mol. The van der Waals surface area contributed by atoms with E-state index < -0.39 is 0 Å². The minimum absolute atomic E-state index is 0.0344. The van der Waals surface area contributed by atoms with E-state index in [0.29, 0.717) is 18.2 Å². The molecule has 0 aliphatic rings. The van der Waals surface area contributed by atoms with E-state index in [0.717, 1.165) is 5.56 Å². The third-order valence-electron chi connectivity index (χ3n) is 2.57. The van der Waals surface area contributed by atoms with Gasteiger partial charge in [-0.3, -0.25) is 4.79 Å². The van der Waals surface area contributed by atoms with Gasteiger partial charge in [0.15, 0.2) is 0 Å². The van der Waals surface area contributed by atoms with Crippen LogP contribution in [0.5, 0.6) is 0 Å². The Labute approximate surface area is 113 Å². The van der Waals surface area contributed by atoms with E-state index in [-0.39, 0.29) is 18.5 Å². The molecule has 1 aromatic carbocycles. The smallest absolute Gasteiger partial charge is 0.234 e. The van der Waals surface area contributed by atoms with Gasteiger partial charge in [0.05, 0.1) is 13.2 Å². The maximum Gasteiger partial charge on any atom is 0.234 e. The zero-order valence-electron chi connectivity index (χ0n) is 10.7. The van der Waals surface area contributed by atoms with Crippen LogP contribution in [0.3, 0.4) is 0 Å².